The Morgan fingerprint density at radius 2 is 1.05 bits per heavy atom. The molecule has 8 aromatic rings. The summed E-state index contributed by atoms with van der Waals surface area (Å²) >= 11 is 12.2. The molecule has 1 amide bonds. The maximum absolute atomic E-state index is 13.5. The van der Waals surface area contributed by atoms with Gasteiger partial charge in [-0.05, 0) is 121 Å². The third kappa shape index (κ3) is 14.1. The number of anilines is 1. The maximum Gasteiger partial charge on any atom is 2.00 e. The molecule has 8 aromatic carbocycles. The Morgan fingerprint density at radius 3 is 1.58 bits per heavy atom. The van der Waals surface area contributed by atoms with Crippen molar-refractivity contribution in [2.75, 3.05) is 18.5 Å². The molecule has 0 radical (unpaired) electrons. The van der Waals surface area contributed by atoms with Crippen LogP contribution < -0.4 is 25.0 Å². The van der Waals surface area contributed by atoms with E-state index in [9.17, 15) is 46.1 Å². The summed E-state index contributed by atoms with van der Waals surface area (Å²) in [6.07, 6.45) is 1.01. The first-order valence-electron chi connectivity index (χ1n) is 23.2. The summed E-state index contributed by atoms with van der Waals surface area (Å²) in [6, 6.07) is 35.8. The van der Waals surface area contributed by atoms with E-state index in [-0.39, 0.29) is 87.3 Å². The van der Waals surface area contributed by atoms with Gasteiger partial charge in [-0.1, -0.05) is 116 Å². The average Bonchev–Trinajstić information content (AvgIpc) is 3.38. The molecule has 18 nitrogen and oxygen atoms in total. The Balaban J connectivity index is 0.000000246. The molecule has 392 valence electrons. The van der Waals surface area contributed by atoms with Gasteiger partial charge in [-0.2, -0.15) is 21.9 Å². The number of amides is 1. The standard InChI is InChI=1S/2C27H24ClN3O6S.Ca/c2*1-3-16-13-20(28)26(38(34,35)36)22(14-16)30-31-24-18-10-6-5-9-17(18)15-19(25(24)32)27(33)29-21-11-7-8-12-23(21)37-4-2;/h2*5-15,32H,3-4H2,1-2H3,(H,29,33)(H,34,35,36);/q;;+2/p-2. The minimum Gasteiger partial charge on any atom is -0.871 e. The molecule has 0 bridgehead atoms. The van der Waals surface area contributed by atoms with Crippen molar-refractivity contribution in [2.45, 2.75) is 50.3 Å². The molecule has 0 heterocycles. The van der Waals surface area contributed by atoms with Crippen molar-refractivity contribution in [3.8, 4) is 23.0 Å². The zero-order chi connectivity index (χ0) is 54.9. The summed E-state index contributed by atoms with van der Waals surface area (Å²) in [6.45, 7) is 8.04. The van der Waals surface area contributed by atoms with Crippen LogP contribution in [0.2, 0.25) is 10.0 Å². The maximum atomic E-state index is 13.5. The quantitative estimate of drug-likeness (QED) is 0.0231. The van der Waals surface area contributed by atoms with Crippen molar-refractivity contribution in [1.82, 2.24) is 0 Å². The molecule has 0 saturated heterocycles. The monoisotopic (exact) mass is 1140 g/mol. The van der Waals surface area contributed by atoms with Crippen molar-refractivity contribution < 1.29 is 55.5 Å². The van der Waals surface area contributed by atoms with Crippen molar-refractivity contribution in [3.63, 3.8) is 0 Å². The summed E-state index contributed by atoms with van der Waals surface area (Å²) in [4.78, 5) is 16.1. The van der Waals surface area contributed by atoms with Crippen LogP contribution in [0, 0.1) is 0 Å². The van der Waals surface area contributed by atoms with E-state index < -0.39 is 53.3 Å². The molecule has 77 heavy (non-hydrogen) atoms. The van der Waals surface area contributed by atoms with E-state index in [4.69, 9.17) is 32.7 Å². The van der Waals surface area contributed by atoms with Crippen molar-refractivity contribution in [3.05, 3.63) is 166 Å². The topological polar surface area (TPSA) is 284 Å². The fourth-order valence-electron chi connectivity index (χ4n) is 7.74. The van der Waals surface area contributed by atoms with Gasteiger partial charge < -0.3 is 30.1 Å². The summed E-state index contributed by atoms with van der Waals surface area (Å²) in [7, 11) is -9.49. The van der Waals surface area contributed by atoms with Gasteiger partial charge in [0.05, 0.1) is 40.2 Å². The fraction of sp³-hybridized carbons (Fsp3) is 0.148. The number of hydrogen-bond donors (Lipinski definition) is 4. The van der Waals surface area contributed by atoms with E-state index in [1.165, 1.54) is 36.4 Å². The van der Waals surface area contributed by atoms with Gasteiger partial charge in [-0.25, -0.2) is 0 Å². The third-order valence-corrected chi connectivity index (χ3v) is 14.0. The number of ether oxygens (including phenoxy) is 2. The molecule has 0 spiro atoms. The van der Waals surface area contributed by atoms with Crippen molar-refractivity contribution in [1.29, 1.82) is 0 Å². The molecule has 0 saturated carbocycles. The number of halogens is 2. The van der Waals surface area contributed by atoms with Gasteiger partial charge in [0.15, 0.2) is 5.75 Å². The molecular weight excluding hydrogens is 1100 g/mol. The van der Waals surface area contributed by atoms with E-state index in [2.05, 4.69) is 30.8 Å². The number of nitrogens with zero attached hydrogens (tertiary/aromatic N) is 5. The number of para-hydroxylation sites is 4. The number of phenolic OH excluding ortho intramolecular Hbond substituents is 1. The van der Waals surface area contributed by atoms with Crippen molar-refractivity contribution >= 4 is 149 Å². The number of fused-ring (bicyclic) bond motifs is 2. The van der Waals surface area contributed by atoms with E-state index in [0.29, 0.717) is 75.9 Å². The van der Waals surface area contributed by atoms with Gasteiger partial charge in [0, 0.05) is 10.8 Å². The molecule has 23 heteroatoms. The number of phenols is 1. The second kappa shape index (κ2) is 26.1. The van der Waals surface area contributed by atoms with Crippen LogP contribution in [-0.2, 0) is 33.1 Å². The van der Waals surface area contributed by atoms with Crippen LogP contribution in [0.1, 0.15) is 54.7 Å². The Hall–Kier alpha value is -6.72. The first-order chi connectivity index (χ1) is 36.3. The van der Waals surface area contributed by atoms with Crippen LogP contribution in [-0.4, -0.2) is 93.8 Å². The number of benzene rings is 8. The first kappa shape index (κ1) is 59.5. The Bertz CT molecular complexity index is 3860. The number of carbonyl (C=O) groups is 1. The smallest absolute Gasteiger partial charge is 0.871 e. The number of aliphatic imine (C=N–C) groups is 1. The van der Waals surface area contributed by atoms with Crippen LogP contribution in [0.3, 0.4) is 0 Å². The second-order valence-corrected chi connectivity index (χ2v) is 19.8. The Labute approximate surface area is 483 Å². The van der Waals surface area contributed by atoms with Crippen LogP contribution in [0.5, 0.6) is 23.0 Å². The molecule has 0 aliphatic heterocycles. The van der Waals surface area contributed by atoms with Gasteiger partial charge in [0.25, 0.3) is 26.1 Å². The van der Waals surface area contributed by atoms with E-state index in [0.717, 1.165) is 0 Å². The summed E-state index contributed by atoms with van der Waals surface area (Å²) in [5, 5.41) is 58.2. The third-order valence-electron chi connectivity index (χ3n) is 11.3. The summed E-state index contributed by atoms with van der Waals surface area (Å²) < 4.78 is 78.5. The van der Waals surface area contributed by atoms with Gasteiger partial charge in [-0.3, -0.25) is 18.9 Å². The molecule has 4 N–H and O–H groups in total. The van der Waals surface area contributed by atoms with E-state index in [1.54, 1.807) is 104 Å². The predicted molar refractivity (Wildman–Crippen MR) is 294 cm³/mol. The fourth-order valence-corrected chi connectivity index (χ4v) is 10.1. The number of azo groups is 2. The Morgan fingerprint density at radius 1 is 0.597 bits per heavy atom. The SMILES string of the molecule is CCOc1ccccc1N=C([O-])c1cc2ccccc2c(N=Nc2cc(CC)cc(Cl)c2S(=O)(=O)O)c1[O-].CCOc1ccccc1NC(=O)c1cc2ccccc2c(N=Nc2cc(CC)cc(Cl)c2S(=O)(=O)O)c1O.[Ca+2]. The number of rotatable bonds is 16. The van der Waals surface area contributed by atoms with Crippen LogP contribution >= 0.6 is 23.2 Å². The normalized spacial score (nSPS) is 11.9. The first-order valence-corrected chi connectivity index (χ1v) is 26.8. The molecule has 0 atom stereocenters. The van der Waals surface area contributed by atoms with Crippen LogP contribution in [0.25, 0.3) is 21.5 Å². The van der Waals surface area contributed by atoms with Gasteiger partial charge in [0.1, 0.15) is 44.0 Å². The number of hydrogen-bond acceptors (Lipinski definition) is 15. The van der Waals surface area contributed by atoms with Crippen LogP contribution in [0.4, 0.5) is 34.1 Å². The molecule has 8 rings (SSSR count). The summed E-state index contributed by atoms with van der Waals surface area (Å²) in [5.74, 6) is -1.78. The molecule has 0 aliphatic rings. The van der Waals surface area contributed by atoms with Gasteiger partial charge in [0.2, 0.25) is 0 Å². The molecular formula is C54H46CaCl2N6O12S2. The second-order valence-electron chi connectivity index (χ2n) is 16.3. The predicted octanol–water partition coefficient (Wildman–Crippen LogP) is 12.3. The molecule has 0 aromatic heterocycles. The molecule has 0 aliphatic carbocycles. The number of aryl methyl sites for hydroxylation is 2. The average molecular weight is 1150 g/mol. The largest absolute Gasteiger partial charge is 2.00 e. The minimum atomic E-state index is -4.76. The Kier molecular flexibility index (Phi) is 20.2. The number of aromatic hydroxyl groups is 1. The zero-order valence-corrected chi connectivity index (χ0v) is 46.9. The molecule has 0 fully saturated rings. The van der Waals surface area contributed by atoms with Gasteiger partial charge >= 0.3 is 37.7 Å². The van der Waals surface area contributed by atoms with E-state index in [1.807, 2.05) is 20.8 Å². The minimum absolute atomic E-state index is 0. The zero-order valence-electron chi connectivity index (χ0n) is 41.6. The molecule has 0 unspecified atom stereocenters. The number of carbonyl (C=O) groups excluding carboxylic acids is 1. The van der Waals surface area contributed by atoms with Crippen LogP contribution in [0.15, 0.2) is 169 Å². The number of nitrogens with one attached hydrogen (secondary N) is 1. The van der Waals surface area contributed by atoms with E-state index >= 15 is 0 Å². The summed E-state index contributed by atoms with van der Waals surface area (Å²) in [5.41, 5.74) is 0.931. The van der Waals surface area contributed by atoms with Gasteiger partial charge in [-0.15, -0.1) is 15.3 Å². The van der Waals surface area contributed by atoms with Crippen molar-refractivity contribution in [2.24, 2.45) is 25.4 Å².